The molecule has 0 aromatic heterocycles. The van der Waals surface area contributed by atoms with E-state index in [2.05, 4.69) is 31.9 Å². The fourth-order valence-electron chi connectivity index (χ4n) is 2.81. The molecule has 2 rings (SSSR count). The Morgan fingerprint density at radius 1 is 1.32 bits per heavy atom. The lowest BCUT2D eigenvalue weighted by atomic mass is 9.85. The van der Waals surface area contributed by atoms with Crippen LogP contribution in [0.5, 0.6) is 5.75 Å². The van der Waals surface area contributed by atoms with E-state index in [-0.39, 0.29) is 10.6 Å². The van der Waals surface area contributed by atoms with Gasteiger partial charge in [0.05, 0.1) is 11.6 Å². The molecule has 19 heavy (non-hydrogen) atoms. The van der Waals surface area contributed by atoms with Gasteiger partial charge < -0.3 is 4.74 Å². The molecular formula is C15H19Br2FO. The van der Waals surface area contributed by atoms with Crippen LogP contribution in [0.2, 0.25) is 0 Å². The van der Waals surface area contributed by atoms with Gasteiger partial charge in [-0.25, -0.2) is 4.39 Å². The molecule has 4 heteroatoms. The van der Waals surface area contributed by atoms with Crippen LogP contribution in [0.1, 0.15) is 48.9 Å². The maximum atomic E-state index is 13.5. The average molecular weight is 394 g/mol. The number of halogens is 3. The molecule has 0 N–H and O–H groups in total. The molecule has 1 aromatic rings. The van der Waals surface area contributed by atoms with E-state index in [1.165, 1.54) is 38.2 Å². The van der Waals surface area contributed by atoms with E-state index >= 15 is 0 Å². The number of rotatable bonds is 4. The molecular weight excluding hydrogens is 375 g/mol. The van der Waals surface area contributed by atoms with Crippen molar-refractivity contribution in [3.63, 3.8) is 0 Å². The van der Waals surface area contributed by atoms with Crippen molar-refractivity contribution in [2.45, 2.75) is 43.4 Å². The van der Waals surface area contributed by atoms with Gasteiger partial charge >= 0.3 is 0 Å². The second-order valence-electron chi connectivity index (χ2n) is 5.22. The molecule has 0 saturated heterocycles. The van der Waals surface area contributed by atoms with Crippen LogP contribution in [0.3, 0.4) is 0 Å². The molecule has 1 aliphatic rings. The summed E-state index contributed by atoms with van der Waals surface area (Å²) >= 11 is 7.00. The van der Waals surface area contributed by atoms with Crippen LogP contribution in [0, 0.1) is 11.7 Å². The highest BCUT2D eigenvalue weighted by Crippen LogP contribution is 2.41. The summed E-state index contributed by atoms with van der Waals surface area (Å²) in [5, 5.41) is 0. The minimum absolute atomic E-state index is 0.224. The highest BCUT2D eigenvalue weighted by molar-refractivity contribution is 9.10. The molecule has 1 fully saturated rings. The number of benzene rings is 1. The molecule has 1 saturated carbocycles. The first kappa shape index (κ1) is 15.3. The fraction of sp³-hybridized carbons (Fsp3) is 0.600. The SMILES string of the molecule is COc1cc(F)c(Br)cc1C(Br)CC1CCCCC1. The van der Waals surface area contributed by atoms with Crippen LogP contribution in [0.15, 0.2) is 16.6 Å². The van der Waals surface area contributed by atoms with Gasteiger partial charge in [-0.1, -0.05) is 48.0 Å². The van der Waals surface area contributed by atoms with Crippen molar-refractivity contribution < 1.29 is 9.13 Å². The topological polar surface area (TPSA) is 9.23 Å². The molecule has 0 bridgehead atoms. The van der Waals surface area contributed by atoms with E-state index in [1.54, 1.807) is 7.11 Å². The van der Waals surface area contributed by atoms with E-state index in [1.807, 2.05) is 6.07 Å². The summed E-state index contributed by atoms with van der Waals surface area (Å²) in [6, 6.07) is 3.28. The third-order valence-electron chi connectivity index (χ3n) is 3.88. The summed E-state index contributed by atoms with van der Waals surface area (Å²) in [5.41, 5.74) is 1.03. The van der Waals surface area contributed by atoms with Crippen LogP contribution in [-0.4, -0.2) is 7.11 Å². The standard InChI is InChI=1S/C15H19Br2FO/c1-19-15-9-14(18)13(17)8-11(15)12(16)7-10-5-3-2-4-6-10/h8-10,12H,2-7H2,1H3. The summed E-state index contributed by atoms with van der Waals surface area (Å²) in [6.45, 7) is 0. The van der Waals surface area contributed by atoms with Crippen LogP contribution in [-0.2, 0) is 0 Å². The Labute approximate surface area is 131 Å². The monoisotopic (exact) mass is 392 g/mol. The predicted octanol–water partition coefficient (Wildman–Crippen LogP) is 6.00. The maximum Gasteiger partial charge on any atom is 0.141 e. The molecule has 1 unspecified atom stereocenters. The lowest BCUT2D eigenvalue weighted by Gasteiger charge is -2.25. The minimum atomic E-state index is -0.280. The number of ether oxygens (including phenoxy) is 1. The van der Waals surface area contributed by atoms with Gasteiger partial charge in [0.1, 0.15) is 11.6 Å². The number of alkyl halides is 1. The van der Waals surface area contributed by atoms with Gasteiger partial charge in [-0.15, -0.1) is 0 Å². The van der Waals surface area contributed by atoms with E-state index in [0.29, 0.717) is 10.2 Å². The van der Waals surface area contributed by atoms with E-state index < -0.39 is 0 Å². The maximum absolute atomic E-state index is 13.5. The van der Waals surface area contributed by atoms with Crippen molar-refractivity contribution in [3.05, 3.63) is 28.0 Å². The normalized spacial score (nSPS) is 18.3. The first-order chi connectivity index (χ1) is 9.11. The molecule has 0 amide bonds. The molecule has 1 aromatic carbocycles. The molecule has 1 atom stereocenters. The van der Waals surface area contributed by atoms with Crippen molar-refractivity contribution in [2.75, 3.05) is 7.11 Å². The van der Waals surface area contributed by atoms with Crippen molar-refractivity contribution in [2.24, 2.45) is 5.92 Å². The van der Waals surface area contributed by atoms with Crippen molar-refractivity contribution >= 4 is 31.9 Å². The highest BCUT2D eigenvalue weighted by atomic mass is 79.9. The van der Waals surface area contributed by atoms with Gasteiger partial charge in [0.15, 0.2) is 0 Å². The van der Waals surface area contributed by atoms with Crippen molar-refractivity contribution in [1.82, 2.24) is 0 Å². The average Bonchev–Trinajstić information content (AvgIpc) is 2.42. The summed E-state index contributed by atoms with van der Waals surface area (Å²) in [5.74, 6) is 1.11. The Bertz CT molecular complexity index is 430. The quantitative estimate of drug-likeness (QED) is 0.569. The largest absolute Gasteiger partial charge is 0.496 e. The van der Waals surface area contributed by atoms with E-state index in [0.717, 1.165) is 17.9 Å². The summed E-state index contributed by atoms with van der Waals surface area (Å²) in [4.78, 5) is 0.224. The number of hydrogen-bond acceptors (Lipinski definition) is 1. The van der Waals surface area contributed by atoms with E-state index in [4.69, 9.17) is 4.74 Å². The molecule has 0 heterocycles. The first-order valence-corrected chi connectivity index (χ1v) is 8.49. The van der Waals surface area contributed by atoms with Gasteiger partial charge in [-0.05, 0) is 34.3 Å². The van der Waals surface area contributed by atoms with Crippen LogP contribution in [0.4, 0.5) is 4.39 Å². The van der Waals surface area contributed by atoms with Gasteiger partial charge in [-0.3, -0.25) is 0 Å². The Balaban J connectivity index is 2.13. The summed E-state index contributed by atoms with van der Waals surface area (Å²) in [7, 11) is 1.59. The van der Waals surface area contributed by atoms with Crippen LogP contribution < -0.4 is 4.74 Å². The fourth-order valence-corrected chi connectivity index (χ4v) is 4.06. The lowest BCUT2D eigenvalue weighted by molar-refractivity contribution is 0.335. The third-order valence-corrected chi connectivity index (χ3v) is 5.35. The van der Waals surface area contributed by atoms with Crippen molar-refractivity contribution in [3.8, 4) is 5.75 Å². The number of methoxy groups -OCH3 is 1. The second kappa shape index (κ2) is 7.07. The lowest BCUT2D eigenvalue weighted by Crippen LogP contribution is -2.09. The molecule has 106 valence electrons. The minimum Gasteiger partial charge on any atom is -0.496 e. The molecule has 1 nitrogen and oxygen atoms in total. The Kier molecular flexibility index (Phi) is 5.70. The zero-order chi connectivity index (χ0) is 13.8. The van der Waals surface area contributed by atoms with E-state index in [9.17, 15) is 4.39 Å². The third kappa shape index (κ3) is 3.94. The Hall–Kier alpha value is -0.0900. The highest BCUT2D eigenvalue weighted by Gasteiger charge is 2.21. The molecule has 0 radical (unpaired) electrons. The first-order valence-electron chi connectivity index (χ1n) is 6.78. The molecule has 0 aliphatic heterocycles. The number of hydrogen-bond donors (Lipinski definition) is 0. The predicted molar refractivity (Wildman–Crippen MR) is 83.5 cm³/mol. The zero-order valence-electron chi connectivity index (χ0n) is 11.1. The van der Waals surface area contributed by atoms with Crippen LogP contribution in [0.25, 0.3) is 0 Å². The van der Waals surface area contributed by atoms with Gasteiger partial charge in [0, 0.05) is 16.5 Å². The molecule has 0 spiro atoms. The Morgan fingerprint density at radius 2 is 2.00 bits per heavy atom. The van der Waals surface area contributed by atoms with Crippen LogP contribution >= 0.6 is 31.9 Å². The Morgan fingerprint density at radius 3 is 2.63 bits per heavy atom. The van der Waals surface area contributed by atoms with Gasteiger partial charge in [0.2, 0.25) is 0 Å². The van der Waals surface area contributed by atoms with Crippen molar-refractivity contribution in [1.29, 1.82) is 0 Å². The van der Waals surface area contributed by atoms with Gasteiger partial charge in [0.25, 0.3) is 0 Å². The summed E-state index contributed by atoms with van der Waals surface area (Å²) in [6.07, 6.45) is 7.77. The molecule has 1 aliphatic carbocycles. The summed E-state index contributed by atoms with van der Waals surface area (Å²) < 4.78 is 19.3. The zero-order valence-corrected chi connectivity index (χ0v) is 14.3. The second-order valence-corrected chi connectivity index (χ2v) is 7.18. The van der Waals surface area contributed by atoms with Gasteiger partial charge in [-0.2, -0.15) is 0 Å². The smallest absolute Gasteiger partial charge is 0.141 e.